The third kappa shape index (κ3) is 5.24. The van der Waals surface area contributed by atoms with Crippen molar-refractivity contribution in [2.45, 2.75) is 12.5 Å². The summed E-state index contributed by atoms with van der Waals surface area (Å²) in [6.45, 7) is -0.151. The molecule has 0 aromatic heterocycles. The molecule has 6 heteroatoms. The Morgan fingerprint density at radius 2 is 1.60 bits per heavy atom. The molecule has 0 fully saturated rings. The molecular weight excluding hydrogens is 378 g/mol. The van der Waals surface area contributed by atoms with Gasteiger partial charge in [0.25, 0.3) is 5.91 Å². The van der Waals surface area contributed by atoms with E-state index in [4.69, 9.17) is 5.26 Å². The highest BCUT2D eigenvalue weighted by molar-refractivity contribution is 6.02. The molecule has 3 aromatic rings. The Labute approximate surface area is 174 Å². The Hall–Kier alpha value is -4.11. The van der Waals surface area contributed by atoms with Crippen LogP contribution in [0.3, 0.4) is 0 Å². The van der Waals surface area contributed by atoms with Crippen molar-refractivity contribution < 1.29 is 14.7 Å². The van der Waals surface area contributed by atoms with Gasteiger partial charge in [-0.15, -0.1) is 0 Å². The zero-order valence-corrected chi connectivity index (χ0v) is 16.2. The first-order valence-electron chi connectivity index (χ1n) is 9.46. The van der Waals surface area contributed by atoms with Gasteiger partial charge in [0.05, 0.1) is 6.07 Å². The molecule has 0 saturated carbocycles. The summed E-state index contributed by atoms with van der Waals surface area (Å²) in [6.07, 6.45) is 0.219. The van der Waals surface area contributed by atoms with Crippen LogP contribution >= 0.6 is 0 Å². The van der Waals surface area contributed by atoms with Crippen LogP contribution in [0.5, 0.6) is 5.75 Å². The predicted molar refractivity (Wildman–Crippen MR) is 114 cm³/mol. The molecule has 3 rings (SSSR count). The van der Waals surface area contributed by atoms with Crippen molar-refractivity contribution >= 4 is 11.8 Å². The van der Waals surface area contributed by atoms with Crippen LogP contribution in [-0.4, -0.2) is 29.5 Å². The molecule has 30 heavy (non-hydrogen) atoms. The fraction of sp³-hybridized carbons (Fsp3) is 0.125. The maximum absolute atomic E-state index is 13.1. The van der Waals surface area contributed by atoms with Gasteiger partial charge in [0.2, 0.25) is 5.91 Å². The SMILES string of the molecule is N#CCNC(=O)C(Cc1ccc(O)cc1)NC(=O)c1ccccc1-c1ccccc1. The fourth-order valence-corrected chi connectivity index (χ4v) is 3.11. The van der Waals surface area contributed by atoms with Gasteiger partial charge in [0, 0.05) is 12.0 Å². The minimum atomic E-state index is -0.876. The molecule has 0 aliphatic rings. The second-order valence-corrected chi connectivity index (χ2v) is 6.68. The van der Waals surface area contributed by atoms with Crippen LogP contribution < -0.4 is 10.6 Å². The topological polar surface area (TPSA) is 102 Å². The summed E-state index contributed by atoms with van der Waals surface area (Å²) in [7, 11) is 0. The molecule has 2 amide bonds. The monoisotopic (exact) mass is 399 g/mol. The Morgan fingerprint density at radius 1 is 0.933 bits per heavy atom. The standard InChI is InChI=1S/C24H21N3O3/c25-14-15-26-24(30)22(16-17-10-12-19(28)13-11-17)27-23(29)21-9-5-4-8-20(21)18-6-2-1-3-7-18/h1-13,22,28H,15-16H2,(H,26,30)(H,27,29). The van der Waals surface area contributed by atoms with Gasteiger partial charge >= 0.3 is 0 Å². The molecule has 3 aromatic carbocycles. The quantitative estimate of drug-likeness (QED) is 0.532. The number of carbonyl (C=O) groups excluding carboxylic acids is 2. The largest absolute Gasteiger partial charge is 0.508 e. The molecule has 6 nitrogen and oxygen atoms in total. The Balaban J connectivity index is 1.85. The number of nitrogens with zero attached hydrogens (tertiary/aromatic N) is 1. The van der Waals surface area contributed by atoms with Crippen molar-refractivity contribution in [3.05, 3.63) is 90.0 Å². The zero-order chi connectivity index (χ0) is 21.3. The highest BCUT2D eigenvalue weighted by atomic mass is 16.3. The van der Waals surface area contributed by atoms with Crippen molar-refractivity contribution in [3.63, 3.8) is 0 Å². The first-order valence-corrected chi connectivity index (χ1v) is 9.46. The van der Waals surface area contributed by atoms with E-state index in [2.05, 4.69) is 10.6 Å². The first-order chi connectivity index (χ1) is 14.6. The number of hydrogen-bond donors (Lipinski definition) is 3. The van der Waals surface area contributed by atoms with Gasteiger partial charge in [-0.2, -0.15) is 5.26 Å². The first kappa shape index (κ1) is 20.6. The van der Waals surface area contributed by atoms with Crippen LogP contribution in [0, 0.1) is 11.3 Å². The summed E-state index contributed by atoms with van der Waals surface area (Å²) in [5, 5.41) is 23.5. The third-order valence-corrected chi connectivity index (χ3v) is 4.60. The van der Waals surface area contributed by atoms with Crippen molar-refractivity contribution in [2.24, 2.45) is 0 Å². The summed E-state index contributed by atoms with van der Waals surface area (Å²) in [6, 6.07) is 24.1. The Morgan fingerprint density at radius 3 is 2.30 bits per heavy atom. The lowest BCUT2D eigenvalue weighted by Gasteiger charge is -2.19. The molecular formula is C24H21N3O3. The van der Waals surface area contributed by atoms with Crippen molar-refractivity contribution in [1.82, 2.24) is 10.6 Å². The van der Waals surface area contributed by atoms with Crippen LogP contribution in [0.1, 0.15) is 15.9 Å². The van der Waals surface area contributed by atoms with Crippen molar-refractivity contribution in [1.29, 1.82) is 5.26 Å². The Kier molecular flexibility index (Phi) is 6.80. The molecule has 0 heterocycles. The number of rotatable bonds is 7. The fourth-order valence-electron chi connectivity index (χ4n) is 3.11. The van der Waals surface area contributed by atoms with E-state index in [0.717, 1.165) is 16.7 Å². The van der Waals surface area contributed by atoms with Crippen LogP contribution in [0.15, 0.2) is 78.9 Å². The van der Waals surface area contributed by atoms with Crippen LogP contribution in [-0.2, 0) is 11.2 Å². The molecule has 1 unspecified atom stereocenters. The maximum atomic E-state index is 13.1. The third-order valence-electron chi connectivity index (χ3n) is 4.60. The molecule has 1 atom stereocenters. The van der Waals surface area contributed by atoms with E-state index in [1.165, 1.54) is 12.1 Å². The number of hydrogen-bond acceptors (Lipinski definition) is 4. The van der Waals surface area contributed by atoms with Gasteiger partial charge in [0.15, 0.2) is 0 Å². The highest BCUT2D eigenvalue weighted by Gasteiger charge is 2.23. The summed E-state index contributed by atoms with van der Waals surface area (Å²) in [4.78, 5) is 25.6. The van der Waals surface area contributed by atoms with E-state index >= 15 is 0 Å². The van der Waals surface area contributed by atoms with Crippen LogP contribution in [0.2, 0.25) is 0 Å². The Bertz CT molecular complexity index is 1060. The maximum Gasteiger partial charge on any atom is 0.252 e. The number of nitriles is 1. The molecule has 3 N–H and O–H groups in total. The number of phenolic OH excluding ortho intramolecular Hbond substituents is 1. The van der Waals surface area contributed by atoms with E-state index in [1.807, 2.05) is 48.5 Å². The summed E-state index contributed by atoms with van der Waals surface area (Å²) in [5.41, 5.74) is 2.87. The molecule has 0 aliphatic carbocycles. The number of carbonyl (C=O) groups is 2. The van der Waals surface area contributed by atoms with Gasteiger partial charge in [-0.25, -0.2) is 0 Å². The minimum Gasteiger partial charge on any atom is -0.508 e. The lowest BCUT2D eigenvalue weighted by Crippen LogP contribution is -2.48. The second-order valence-electron chi connectivity index (χ2n) is 6.68. The normalized spacial score (nSPS) is 11.2. The number of phenols is 1. The minimum absolute atomic E-state index is 0.116. The lowest BCUT2D eigenvalue weighted by molar-refractivity contribution is -0.122. The number of benzene rings is 3. The molecule has 150 valence electrons. The van der Waals surface area contributed by atoms with E-state index in [0.29, 0.717) is 5.56 Å². The van der Waals surface area contributed by atoms with E-state index in [9.17, 15) is 14.7 Å². The lowest BCUT2D eigenvalue weighted by atomic mass is 9.98. The van der Waals surface area contributed by atoms with Crippen LogP contribution in [0.4, 0.5) is 0 Å². The van der Waals surface area contributed by atoms with E-state index < -0.39 is 11.9 Å². The van der Waals surface area contributed by atoms with E-state index in [-0.39, 0.29) is 24.6 Å². The molecule has 0 bridgehead atoms. The molecule has 0 saturated heterocycles. The van der Waals surface area contributed by atoms with Crippen LogP contribution in [0.25, 0.3) is 11.1 Å². The van der Waals surface area contributed by atoms with Gasteiger partial charge < -0.3 is 15.7 Å². The van der Waals surface area contributed by atoms with E-state index in [1.54, 1.807) is 24.3 Å². The van der Waals surface area contributed by atoms with Crippen molar-refractivity contribution in [2.75, 3.05) is 6.54 Å². The number of amides is 2. The zero-order valence-electron chi connectivity index (χ0n) is 16.2. The predicted octanol–water partition coefficient (Wildman–Crippen LogP) is 3.04. The van der Waals surface area contributed by atoms with Gasteiger partial charge in [-0.1, -0.05) is 60.7 Å². The molecule has 0 aliphatic heterocycles. The second kappa shape index (κ2) is 9.89. The summed E-state index contributed by atoms with van der Waals surface area (Å²) >= 11 is 0. The van der Waals surface area contributed by atoms with Gasteiger partial charge in [-0.05, 0) is 34.9 Å². The van der Waals surface area contributed by atoms with Gasteiger partial charge in [0.1, 0.15) is 18.3 Å². The highest BCUT2D eigenvalue weighted by Crippen LogP contribution is 2.23. The average molecular weight is 399 g/mol. The average Bonchev–Trinajstić information content (AvgIpc) is 2.79. The van der Waals surface area contributed by atoms with Gasteiger partial charge in [-0.3, -0.25) is 9.59 Å². The summed E-state index contributed by atoms with van der Waals surface area (Å²) in [5.74, 6) is -0.717. The smallest absolute Gasteiger partial charge is 0.252 e. The van der Waals surface area contributed by atoms with Crippen molar-refractivity contribution in [3.8, 4) is 22.9 Å². The molecule has 0 radical (unpaired) electrons. The number of nitrogens with one attached hydrogen (secondary N) is 2. The number of aromatic hydroxyl groups is 1. The summed E-state index contributed by atoms with van der Waals surface area (Å²) < 4.78 is 0. The molecule has 0 spiro atoms.